The first-order chi connectivity index (χ1) is 16.6. The van der Waals surface area contributed by atoms with Crippen molar-refractivity contribution in [3.8, 4) is 11.5 Å². The highest BCUT2D eigenvalue weighted by Crippen LogP contribution is 2.52. The van der Waals surface area contributed by atoms with Crippen LogP contribution in [0.5, 0.6) is 11.5 Å². The number of para-hydroxylation sites is 1. The van der Waals surface area contributed by atoms with Crippen molar-refractivity contribution >= 4 is 21.6 Å². The van der Waals surface area contributed by atoms with E-state index in [2.05, 4.69) is 92.6 Å². The fraction of sp³-hybridized carbons (Fsp3) is 0.321. The van der Waals surface area contributed by atoms with Gasteiger partial charge < -0.3 is 9.47 Å². The smallest absolute Gasteiger partial charge is 0.200 e. The molecule has 1 unspecified atom stereocenters. The van der Waals surface area contributed by atoms with Gasteiger partial charge in [0.2, 0.25) is 5.72 Å². The van der Waals surface area contributed by atoms with Crippen LogP contribution in [0.3, 0.4) is 0 Å². The van der Waals surface area contributed by atoms with Gasteiger partial charge in [0, 0.05) is 48.9 Å². The van der Waals surface area contributed by atoms with Gasteiger partial charge in [-0.25, -0.2) is 5.01 Å². The number of likely N-dealkylation sites (tertiary alicyclic amines) is 1. The van der Waals surface area contributed by atoms with Gasteiger partial charge >= 0.3 is 0 Å². The molecule has 1 fully saturated rings. The predicted octanol–water partition coefficient (Wildman–Crippen LogP) is 5.99. The maximum absolute atomic E-state index is 6.86. The summed E-state index contributed by atoms with van der Waals surface area (Å²) >= 11 is 3.55. The van der Waals surface area contributed by atoms with Gasteiger partial charge in [-0.1, -0.05) is 70.5 Å². The van der Waals surface area contributed by atoms with Crippen molar-refractivity contribution in [3.63, 3.8) is 0 Å². The lowest BCUT2D eigenvalue weighted by molar-refractivity contribution is -0.151. The minimum Gasteiger partial charge on any atom is -0.493 e. The van der Waals surface area contributed by atoms with Gasteiger partial charge in [-0.05, 0) is 29.3 Å². The van der Waals surface area contributed by atoms with E-state index in [4.69, 9.17) is 14.6 Å². The second kappa shape index (κ2) is 8.75. The molecule has 0 radical (unpaired) electrons. The van der Waals surface area contributed by atoms with Crippen LogP contribution < -0.4 is 9.47 Å². The number of rotatable bonds is 4. The molecule has 3 aliphatic heterocycles. The summed E-state index contributed by atoms with van der Waals surface area (Å²) in [7, 11) is 1.72. The van der Waals surface area contributed by atoms with Gasteiger partial charge in [0.05, 0.1) is 18.9 Å². The van der Waals surface area contributed by atoms with Crippen LogP contribution in [0.25, 0.3) is 0 Å². The summed E-state index contributed by atoms with van der Waals surface area (Å²) < 4.78 is 13.7. The normalized spacial score (nSPS) is 20.9. The molecule has 0 aromatic heterocycles. The van der Waals surface area contributed by atoms with Crippen LogP contribution in [0, 0.1) is 0 Å². The van der Waals surface area contributed by atoms with E-state index in [0.717, 1.165) is 66.1 Å². The Bertz CT molecular complexity index is 1200. The van der Waals surface area contributed by atoms with E-state index < -0.39 is 5.72 Å². The molecule has 174 valence electrons. The van der Waals surface area contributed by atoms with Crippen LogP contribution in [0.2, 0.25) is 0 Å². The van der Waals surface area contributed by atoms with E-state index in [9.17, 15) is 0 Å². The van der Waals surface area contributed by atoms with Crippen molar-refractivity contribution in [3.05, 3.63) is 94.0 Å². The highest BCUT2D eigenvalue weighted by atomic mass is 79.9. The van der Waals surface area contributed by atoms with E-state index in [1.165, 1.54) is 11.1 Å². The molecular weight excluding hydrogens is 490 g/mol. The molecule has 5 nitrogen and oxygen atoms in total. The largest absolute Gasteiger partial charge is 0.493 e. The van der Waals surface area contributed by atoms with Crippen molar-refractivity contribution in [2.24, 2.45) is 5.10 Å². The molecule has 0 aliphatic carbocycles. The second-order valence-electron chi connectivity index (χ2n) is 9.31. The predicted molar refractivity (Wildman–Crippen MR) is 137 cm³/mol. The molecule has 1 spiro atoms. The number of hydrogen-bond acceptors (Lipinski definition) is 5. The Labute approximate surface area is 209 Å². The number of ether oxygens (including phenoxy) is 2. The minimum absolute atomic E-state index is 0.151. The number of halogens is 1. The summed E-state index contributed by atoms with van der Waals surface area (Å²) in [6.45, 7) is 2.89. The van der Waals surface area contributed by atoms with Crippen molar-refractivity contribution in [1.29, 1.82) is 0 Å². The lowest BCUT2D eigenvalue weighted by atomic mass is 9.90. The molecule has 6 heteroatoms. The third-order valence-electron chi connectivity index (χ3n) is 7.27. The van der Waals surface area contributed by atoms with Gasteiger partial charge in [-0.15, -0.1) is 0 Å². The maximum atomic E-state index is 6.86. The zero-order valence-electron chi connectivity index (χ0n) is 19.3. The number of nitrogens with zero attached hydrogens (tertiary/aromatic N) is 3. The quantitative estimate of drug-likeness (QED) is 0.425. The minimum atomic E-state index is -0.462. The van der Waals surface area contributed by atoms with Crippen molar-refractivity contribution < 1.29 is 9.47 Å². The number of benzene rings is 3. The van der Waals surface area contributed by atoms with E-state index in [0.29, 0.717) is 0 Å². The van der Waals surface area contributed by atoms with Crippen LogP contribution in [0.4, 0.5) is 0 Å². The number of piperidine rings is 1. The zero-order chi connectivity index (χ0) is 23.1. The fourth-order valence-electron chi connectivity index (χ4n) is 5.48. The van der Waals surface area contributed by atoms with Gasteiger partial charge in [0.15, 0.2) is 11.5 Å². The highest BCUT2D eigenvalue weighted by Gasteiger charge is 2.52. The summed E-state index contributed by atoms with van der Waals surface area (Å²) in [6, 6.07) is 25.5. The molecule has 3 heterocycles. The molecule has 3 aromatic carbocycles. The number of methoxy groups -OCH3 is 1. The molecular formula is C28H28BrN3O2. The van der Waals surface area contributed by atoms with Crippen LogP contribution >= 0.6 is 15.9 Å². The maximum Gasteiger partial charge on any atom is 0.200 e. The Morgan fingerprint density at radius 3 is 2.50 bits per heavy atom. The van der Waals surface area contributed by atoms with E-state index >= 15 is 0 Å². The SMILES string of the molecule is COc1cccc2c1OC1(CCN(Cc3ccccc3)CC1)N1N=C(c3ccc(Br)cc3)CC21. The molecule has 3 aliphatic rings. The monoisotopic (exact) mass is 517 g/mol. The third-order valence-corrected chi connectivity index (χ3v) is 7.80. The first kappa shape index (κ1) is 21.7. The molecule has 1 atom stereocenters. The van der Waals surface area contributed by atoms with Gasteiger partial charge in [0.1, 0.15) is 0 Å². The van der Waals surface area contributed by atoms with E-state index in [-0.39, 0.29) is 6.04 Å². The molecule has 0 saturated carbocycles. The first-order valence-corrected chi connectivity index (χ1v) is 12.7. The molecule has 1 saturated heterocycles. The molecule has 0 amide bonds. The molecule has 34 heavy (non-hydrogen) atoms. The summed E-state index contributed by atoms with van der Waals surface area (Å²) in [4.78, 5) is 2.52. The van der Waals surface area contributed by atoms with E-state index in [1.54, 1.807) is 7.11 Å². The second-order valence-corrected chi connectivity index (χ2v) is 10.2. The Balaban J connectivity index is 1.33. The average Bonchev–Trinajstić information content (AvgIpc) is 3.33. The Morgan fingerprint density at radius 2 is 1.76 bits per heavy atom. The number of hydrazone groups is 1. The van der Waals surface area contributed by atoms with E-state index in [1.807, 2.05) is 6.07 Å². The molecule has 3 aromatic rings. The summed E-state index contributed by atoms with van der Waals surface area (Å²) in [6.07, 6.45) is 2.65. The Hall–Kier alpha value is -2.83. The topological polar surface area (TPSA) is 37.3 Å². The summed E-state index contributed by atoms with van der Waals surface area (Å²) in [5.74, 6) is 1.69. The van der Waals surface area contributed by atoms with Crippen molar-refractivity contribution in [1.82, 2.24) is 9.91 Å². The summed E-state index contributed by atoms with van der Waals surface area (Å²) in [5.41, 5.74) is 4.33. The first-order valence-electron chi connectivity index (χ1n) is 11.9. The Morgan fingerprint density at radius 1 is 1.00 bits per heavy atom. The number of fused-ring (bicyclic) bond motifs is 4. The standard InChI is InChI=1S/C28H28BrN3O2/c1-33-26-9-5-8-23-25-18-24(21-10-12-22(29)13-11-21)30-32(25)28(34-27(23)26)14-16-31(17-15-28)19-20-6-3-2-4-7-20/h2-13,25H,14-19H2,1H3. The lowest BCUT2D eigenvalue weighted by Crippen LogP contribution is -2.59. The molecule has 0 N–H and O–H groups in total. The van der Waals surface area contributed by atoms with Crippen LogP contribution in [0.1, 0.15) is 42.0 Å². The summed E-state index contributed by atoms with van der Waals surface area (Å²) in [5, 5.41) is 7.47. The van der Waals surface area contributed by atoms with Crippen LogP contribution in [0.15, 0.2) is 82.4 Å². The number of hydrogen-bond donors (Lipinski definition) is 0. The van der Waals surface area contributed by atoms with Crippen LogP contribution in [-0.4, -0.2) is 41.5 Å². The van der Waals surface area contributed by atoms with Gasteiger partial charge in [0.25, 0.3) is 0 Å². The lowest BCUT2D eigenvalue weighted by Gasteiger charge is -2.51. The van der Waals surface area contributed by atoms with Gasteiger partial charge in [-0.2, -0.15) is 5.10 Å². The van der Waals surface area contributed by atoms with Gasteiger partial charge in [-0.3, -0.25) is 4.90 Å². The Kier molecular flexibility index (Phi) is 5.58. The third kappa shape index (κ3) is 3.79. The average molecular weight is 518 g/mol. The fourth-order valence-corrected chi connectivity index (χ4v) is 5.74. The molecule has 6 rings (SSSR count). The van der Waals surface area contributed by atoms with Crippen molar-refractivity contribution in [2.45, 2.75) is 37.6 Å². The zero-order valence-corrected chi connectivity index (χ0v) is 20.9. The highest BCUT2D eigenvalue weighted by molar-refractivity contribution is 9.10. The van der Waals surface area contributed by atoms with Crippen LogP contribution in [-0.2, 0) is 6.54 Å². The van der Waals surface area contributed by atoms with Crippen molar-refractivity contribution in [2.75, 3.05) is 20.2 Å². The molecule has 0 bridgehead atoms.